The number of carbonyl (C=O) groups excluding carboxylic acids is 1. The molecule has 0 heterocycles. The minimum atomic E-state index is -2.03. The monoisotopic (exact) mass is 426 g/mol. The molecule has 1 rings (SSSR count). The smallest absolute Gasteiger partial charge is 0.199 e. The molecule has 1 unspecified atom stereocenters. The van der Waals surface area contributed by atoms with E-state index in [1.54, 1.807) is 0 Å². The third-order valence-corrected chi connectivity index (χ3v) is 9.43. The van der Waals surface area contributed by atoms with Gasteiger partial charge in [0.15, 0.2) is 20.4 Å². The molecule has 0 aromatic heterocycles. The van der Waals surface area contributed by atoms with E-state index in [4.69, 9.17) is 13.9 Å². The molecule has 6 heteroatoms. The average Bonchev–Trinajstić information content (AvgIpc) is 2.55. The van der Waals surface area contributed by atoms with Crippen molar-refractivity contribution in [2.45, 2.75) is 71.2 Å². The van der Waals surface area contributed by atoms with Crippen molar-refractivity contribution in [2.24, 2.45) is 0 Å². The fourth-order valence-corrected chi connectivity index (χ4v) is 3.71. The zero-order valence-corrected chi connectivity index (χ0v) is 17.2. The molecule has 0 saturated carbocycles. The fraction of sp³-hybridized carbons (Fsp3) is 0.800. The summed E-state index contributed by atoms with van der Waals surface area (Å²) in [6, 6.07) is 0. The summed E-state index contributed by atoms with van der Waals surface area (Å²) in [7, 11) is -2.03. The number of carbonyl (C=O) groups is 1. The van der Waals surface area contributed by atoms with Crippen molar-refractivity contribution in [1.29, 1.82) is 0 Å². The molecule has 0 bridgehead atoms. The van der Waals surface area contributed by atoms with Crippen LogP contribution in [-0.4, -0.2) is 39.2 Å². The Balaban J connectivity index is 2.85. The SMILES string of the molecule is CCOC(C)O[C@@H]1C=C(I)C(=O)[C@H]1O[Si](C)(C)C(C)(C)C. The number of ether oxygens (including phenoxy) is 2. The van der Waals surface area contributed by atoms with Crippen molar-refractivity contribution >= 4 is 36.7 Å². The van der Waals surface area contributed by atoms with Gasteiger partial charge in [-0.15, -0.1) is 0 Å². The van der Waals surface area contributed by atoms with Crippen molar-refractivity contribution < 1.29 is 18.7 Å². The predicted octanol–water partition coefficient (Wildman–Crippen LogP) is 4.05. The van der Waals surface area contributed by atoms with Crippen molar-refractivity contribution in [1.82, 2.24) is 0 Å². The lowest BCUT2D eigenvalue weighted by atomic mass is 10.2. The molecule has 0 spiro atoms. The molecule has 21 heavy (non-hydrogen) atoms. The number of hydrogen-bond donors (Lipinski definition) is 0. The lowest BCUT2D eigenvalue weighted by Gasteiger charge is -2.39. The quantitative estimate of drug-likeness (QED) is 0.365. The van der Waals surface area contributed by atoms with E-state index in [1.165, 1.54) is 0 Å². The van der Waals surface area contributed by atoms with Crippen LogP contribution in [0, 0.1) is 0 Å². The number of Topliss-reactive ketones (excluding diaryl/α,β-unsaturated/α-hetero) is 1. The van der Waals surface area contributed by atoms with E-state index in [-0.39, 0.29) is 23.2 Å². The van der Waals surface area contributed by atoms with Gasteiger partial charge in [-0.25, -0.2) is 0 Å². The molecule has 0 aliphatic heterocycles. The second kappa shape index (κ2) is 7.21. The first-order valence-corrected chi connectivity index (χ1v) is 11.3. The molecule has 3 atom stereocenters. The van der Waals surface area contributed by atoms with Gasteiger partial charge < -0.3 is 13.9 Å². The normalized spacial score (nSPS) is 25.1. The first kappa shape index (κ1) is 19.3. The second-order valence-corrected chi connectivity index (χ2v) is 12.7. The molecule has 0 aromatic rings. The van der Waals surface area contributed by atoms with Gasteiger partial charge in [0.05, 0.1) is 3.58 Å². The molecule has 4 nitrogen and oxygen atoms in total. The van der Waals surface area contributed by atoms with Crippen LogP contribution in [0.3, 0.4) is 0 Å². The molecule has 1 aliphatic rings. The summed E-state index contributed by atoms with van der Waals surface area (Å²) in [5.74, 6) is 0.0223. The van der Waals surface area contributed by atoms with E-state index in [9.17, 15) is 4.79 Å². The highest BCUT2D eigenvalue weighted by molar-refractivity contribution is 14.1. The topological polar surface area (TPSA) is 44.8 Å². The van der Waals surface area contributed by atoms with Crippen LogP contribution in [0.5, 0.6) is 0 Å². The maximum Gasteiger partial charge on any atom is 0.199 e. The van der Waals surface area contributed by atoms with Crippen LogP contribution in [0.15, 0.2) is 9.66 Å². The Labute approximate surface area is 142 Å². The van der Waals surface area contributed by atoms with Crippen molar-refractivity contribution in [3.63, 3.8) is 0 Å². The molecular formula is C15H27IO4Si. The molecule has 0 amide bonds. The Hall–Kier alpha value is 0.237. The molecule has 0 saturated heterocycles. The highest BCUT2D eigenvalue weighted by Gasteiger charge is 2.45. The molecule has 0 fully saturated rings. The van der Waals surface area contributed by atoms with E-state index in [2.05, 4.69) is 56.5 Å². The highest BCUT2D eigenvalue weighted by atomic mass is 127. The van der Waals surface area contributed by atoms with Crippen LogP contribution in [0.2, 0.25) is 18.1 Å². The largest absolute Gasteiger partial charge is 0.404 e. The summed E-state index contributed by atoms with van der Waals surface area (Å²) >= 11 is 2.06. The van der Waals surface area contributed by atoms with Gasteiger partial charge in [0.25, 0.3) is 0 Å². The van der Waals surface area contributed by atoms with E-state index >= 15 is 0 Å². The zero-order valence-electron chi connectivity index (χ0n) is 14.0. The maximum atomic E-state index is 12.4. The van der Waals surface area contributed by atoms with Crippen LogP contribution in [-0.2, 0) is 18.7 Å². The number of rotatable bonds is 6. The summed E-state index contributed by atoms with van der Waals surface area (Å²) in [5, 5.41) is 0.0530. The Kier molecular flexibility index (Phi) is 6.62. The van der Waals surface area contributed by atoms with Crippen LogP contribution in [0.25, 0.3) is 0 Å². The molecule has 1 aliphatic carbocycles. The van der Waals surface area contributed by atoms with Gasteiger partial charge in [-0.2, -0.15) is 0 Å². The van der Waals surface area contributed by atoms with E-state index in [0.29, 0.717) is 10.2 Å². The zero-order chi connectivity index (χ0) is 16.4. The highest BCUT2D eigenvalue weighted by Crippen LogP contribution is 2.39. The summed E-state index contributed by atoms with van der Waals surface area (Å²) in [4.78, 5) is 12.4. The first-order valence-electron chi connectivity index (χ1n) is 7.36. The molecular weight excluding hydrogens is 399 g/mol. The Morgan fingerprint density at radius 3 is 2.43 bits per heavy atom. The van der Waals surface area contributed by atoms with E-state index in [1.807, 2.05) is 19.9 Å². The summed E-state index contributed by atoms with van der Waals surface area (Å²) in [6.45, 7) is 15.1. The Bertz CT molecular complexity index is 414. The maximum absolute atomic E-state index is 12.4. The van der Waals surface area contributed by atoms with Gasteiger partial charge in [0.1, 0.15) is 12.2 Å². The summed E-state index contributed by atoms with van der Waals surface area (Å²) in [5.41, 5.74) is 0. The standard InChI is InChI=1S/C15H27IO4Si/c1-8-18-10(2)19-12-9-11(16)13(17)14(12)20-21(6,7)15(3,4)5/h9-10,12,14H,8H2,1-7H3/t10?,12-,14+/m1/s1. The van der Waals surface area contributed by atoms with Crippen LogP contribution in [0.4, 0.5) is 0 Å². The molecule has 122 valence electrons. The van der Waals surface area contributed by atoms with Gasteiger partial charge in [-0.3, -0.25) is 4.79 Å². The second-order valence-electron chi connectivity index (χ2n) is 6.80. The van der Waals surface area contributed by atoms with Crippen molar-refractivity contribution in [2.75, 3.05) is 6.61 Å². The molecule has 0 N–H and O–H groups in total. The Morgan fingerprint density at radius 1 is 1.38 bits per heavy atom. The van der Waals surface area contributed by atoms with Crippen molar-refractivity contribution in [3.8, 4) is 0 Å². The Morgan fingerprint density at radius 2 is 1.95 bits per heavy atom. The number of halogens is 1. The average molecular weight is 426 g/mol. The van der Waals surface area contributed by atoms with Crippen LogP contribution in [0.1, 0.15) is 34.6 Å². The number of hydrogen-bond acceptors (Lipinski definition) is 4. The van der Waals surface area contributed by atoms with E-state index in [0.717, 1.165) is 0 Å². The first-order chi connectivity index (χ1) is 9.49. The third kappa shape index (κ3) is 4.85. The summed E-state index contributed by atoms with van der Waals surface area (Å²) < 4.78 is 18.2. The van der Waals surface area contributed by atoms with E-state index < -0.39 is 14.4 Å². The van der Waals surface area contributed by atoms with Gasteiger partial charge in [0, 0.05) is 6.61 Å². The van der Waals surface area contributed by atoms with Gasteiger partial charge in [-0.1, -0.05) is 20.8 Å². The van der Waals surface area contributed by atoms with Crippen LogP contribution < -0.4 is 0 Å². The lowest BCUT2D eigenvalue weighted by Crippen LogP contribution is -2.49. The van der Waals surface area contributed by atoms with Crippen LogP contribution >= 0.6 is 22.6 Å². The lowest BCUT2D eigenvalue weighted by molar-refractivity contribution is -0.165. The summed E-state index contributed by atoms with van der Waals surface area (Å²) in [6.07, 6.45) is 0.591. The minimum Gasteiger partial charge on any atom is -0.404 e. The fourth-order valence-electron chi connectivity index (χ4n) is 1.82. The minimum absolute atomic E-state index is 0.0223. The molecule has 0 radical (unpaired) electrons. The van der Waals surface area contributed by atoms with Crippen molar-refractivity contribution in [3.05, 3.63) is 9.66 Å². The third-order valence-electron chi connectivity index (χ3n) is 4.08. The van der Waals surface area contributed by atoms with Gasteiger partial charge >= 0.3 is 0 Å². The van der Waals surface area contributed by atoms with Gasteiger partial charge in [0.2, 0.25) is 0 Å². The van der Waals surface area contributed by atoms with Gasteiger partial charge in [-0.05, 0) is 60.6 Å². The number of ketones is 1. The molecule has 0 aromatic carbocycles. The predicted molar refractivity (Wildman–Crippen MR) is 95.1 cm³/mol.